The predicted octanol–water partition coefficient (Wildman–Crippen LogP) is 2.68. The fourth-order valence-electron chi connectivity index (χ4n) is 3.26. The average molecular weight is 449 g/mol. The first-order valence-electron chi connectivity index (χ1n) is 8.58. The van der Waals surface area contributed by atoms with Crippen molar-refractivity contribution in [2.24, 2.45) is 4.99 Å². The molecule has 1 aliphatic carbocycles. The normalized spacial score (nSPS) is 23.0. The second-order valence-corrected chi connectivity index (χ2v) is 6.23. The van der Waals surface area contributed by atoms with Crippen LogP contribution < -0.4 is 10.6 Å². The Bertz CT molecular complexity index is 501. The lowest BCUT2D eigenvalue weighted by Gasteiger charge is -2.31. The monoisotopic (exact) mass is 449 g/mol. The quantitative estimate of drug-likeness (QED) is 0.411. The minimum absolute atomic E-state index is 0. The van der Waals surface area contributed by atoms with Crippen molar-refractivity contribution in [3.05, 3.63) is 24.2 Å². The van der Waals surface area contributed by atoms with E-state index in [9.17, 15) is 0 Å². The van der Waals surface area contributed by atoms with Crippen LogP contribution in [0.2, 0.25) is 0 Å². The number of rotatable bonds is 5. The zero-order valence-corrected chi connectivity index (χ0v) is 16.6. The number of furan rings is 1. The summed E-state index contributed by atoms with van der Waals surface area (Å²) in [5.74, 6) is 1.45. The van der Waals surface area contributed by atoms with Gasteiger partial charge in [0.2, 0.25) is 0 Å². The molecule has 2 aliphatic rings. The van der Waals surface area contributed by atoms with E-state index in [0.29, 0.717) is 13.2 Å². The molecule has 2 heterocycles. The van der Waals surface area contributed by atoms with Crippen molar-refractivity contribution in [1.82, 2.24) is 10.6 Å². The molecule has 1 saturated carbocycles. The Morgan fingerprint density at radius 3 is 2.83 bits per heavy atom. The summed E-state index contributed by atoms with van der Waals surface area (Å²) in [6.07, 6.45) is 8.38. The van der Waals surface area contributed by atoms with Crippen molar-refractivity contribution in [1.29, 1.82) is 0 Å². The van der Waals surface area contributed by atoms with Crippen LogP contribution in [0.15, 0.2) is 27.8 Å². The molecule has 1 atom stereocenters. The first kappa shape index (κ1) is 19.5. The summed E-state index contributed by atoms with van der Waals surface area (Å²) in [7, 11) is 1.77. The lowest BCUT2D eigenvalue weighted by atomic mass is 9.94. The highest BCUT2D eigenvalue weighted by Crippen LogP contribution is 2.37. The van der Waals surface area contributed by atoms with E-state index < -0.39 is 0 Å². The van der Waals surface area contributed by atoms with Crippen molar-refractivity contribution in [3.63, 3.8) is 0 Å². The molecule has 6 nitrogen and oxygen atoms in total. The summed E-state index contributed by atoms with van der Waals surface area (Å²) >= 11 is 0. The van der Waals surface area contributed by atoms with Crippen LogP contribution in [0.4, 0.5) is 0 Å². The van der Waals surface area contributed by atoms with E-state index in [0.717, 1.165) is 37.5 Å². The predicted molar refractivity (Wildman–Crippen MR) is 104 cm³/mol. The Kier molecular flexibility index (Phi) is 7.83. The first-order valence-corrected chi connectivity index (χ1v) is 8.58. The SMILES string of the molecule is CN=C(NCCc1ccco1)NCC1COC2(CCCCC2)O1.I. The Labute approximate surface area is 160 Å². The molecule has 0 radical (unpaired) electrons. The third-order valence-corrected chi connectivity index (χ3v) is 4.49. The van der Waals surface area contributed by atoms with Gasteiger partial charge in [-0.25, -0.2) is 0 Å². The molecule has 1 aromatic heterocycles. The minimum atomic E-state index is -0.305. The molecular weight excluding hydrogens is 421 g/mol. The first-order chi connectivity index (χ1) is 11.3. The van der Waals surface area contributed by atoms with Crippen molar-refractivity contribution in [2.45, 2.75) is 50.4 Å². The van der Waals surface area contributed by atoms with E-state index in [1.54, 1.807) is 13.3 Å². The number of ether oxygens (including phenoxy) is 2. The van der Waals surface area contributed by atoms with E-state index in [1.165, 1.54) is 19.3 Å². The molecule has 3 rings (SSSR count). The van der Waals surface area contributed by atoms with Crippen LogP contribution in [0, 0.1) is 0 Å². The van der Waals surface area contributed by atoms with Crippen LogP contribution in [0.5, 0.6) is 0 Å². The summed E-state index contributed by atoms with van der Waals surface area (Å²) < 4.78 is 17.4. The largest absolute Gasteiger partial charge is 0.469 e. The number of nitrogens with zero attached hydrogens (tertiary/aromatic N) is 1. The highest BCUT2D eigenvalue weighted by molar-refractivity contribution is 14.0. The van der Waals surface area contributed by atoms with E-state index in [2.05, 4.69) is 15.6 Å². The van der Waals surface area contributed by atoms with Gasteiger partial charge in [0.25, 0.3) is 0 Å². The smallest absolute Gasteiger partial charge is 0.191 e. The van der Waals surface area contributed by atoms with Crippen LogP contribution in [-0.4, -0.2) is 44.6 Å². The van der Waals surface area contributed by atoms with Crippen LogP contribution in [0.3, 0.4) is 0 Å². The number of halogens is 1. The van der Waals surface area contributed by atoms with Crippen LogP contribution >= 0.6 is 24.0 Å². The maximum absolute atomic E-state index is 6.17. The van der Waals surface area contributed by atoms with Gasteiger partial charge in [-0.15, -0.1) is 24.0 Å². The van der Waals surface area contributed by atoms with Gasteiger partial charge in [-0.05, 0) is 25.0 Å². The zero-order chi connectivity index (χ0) is 16.0. The molecule has 0 aromatic carbocycles. The Balaban J connectivity index is 0.00000208. The molecule has 1 spiro atoms. The van der Waals surface area contributed by atoms with E-state index in [4.69, 9.17) is 13.9 Å². The maximum Gasteiger partial charge on any atom is 0.191 e. The molecule has 1 unspecified atom stereocenters. The van der Waals surface area contributed by atoms with E-state index in [-0.39, 0.29) is 35.9 Å². The summed E-state index contributed by atoms with van der Waals surface area (Å²) in [4.78, 5) is 4.24. The van der Waals surface area contributed by atoms with Crippen molar-refractivity contribution in [2.75, 3.05) is 26.7 Å². The van der Waals surface area contributed by atoms with Gasteiger partial charge < -0.3 is 24.5 Å². The number of guanidine groups is 1. The zero-order valence-electron chi connectivity index (χ0n) is 14.3. The van der Waals surface area contributed by atoms with Crippen LogP contribution in [0.25, 0.3) is 0 Å². The topological polar surface area (TPSA) is 68.0 Å². The summed E-state index contributed by atoms with van der Waals surface area (Å²) in [5.41, 5.74) is 0. The van der Waals surface area contributed by atoms with Gasteiger partial charge in [-0.3, -0.25) is 4.99 Å². The van der Waals surface area contributed by atoms with Crippen molar-refractivity contribution < 1.29 is 13.9 Å². The second kappa shape index (κ2) is 9.62. The number of hydrogen-bond acceptors (Lipinski definition) is 4. The van der Waals surface area contributed by atoms with Crippen molar-refractivity contribution in [3.8, 4) is 0 Å². The minimum Gasteiger partial charge on any atom is -0.469 e. The van der Waals surface area contributed by atoms with Gasteiger partial charge in [-0.2, -0.15) is 0 Å². The van der Waals surface area contributed by atoms with E-state index in [1.807, 2.05) is 12.1 Å². The molecule has 136 valence electrons. The molecule has 1 saturated heterocycles. The van der Waals surface area contributed by atoms with Gasteiger partial charge >= 0.3 is 0 Å². The highest BCUT2D eigenvalue weighted by Gasteiger charge is 2.42. The molecule has 24 heavy (non-hydrogen) atoms. The lowest BCUT2D eigenvalue weighted by Crippen LogP contribution is -2.43. The van der Waals surface area contributed by atoms with Crippen LogP contribution in [-0.2, 0) is 15.9 Å². The molecule has 1 aliphatic heterocycles. The third-order valence-electron chi connectivity index (χ3n) is 4.49. The fraction of sp³-hybridized carbons (Fsp3) is 0.706. The third kappa shape index (κ3) is 5.35. The summed E-state index contributed by atoms with van der Waals surface area (Å²) in [6.45, 7) is 2.15. The number of hydrogen-bond donors (Lipinski definition) is 2. The highest BCUT2D eigenvalue weighted by atomic mass is 127. The number of nitrogens with one attached hydrogen (secondary N) is 2. The standard InChI is InChI=1S/C17H27N3O3.HI/c1-18-16(19-10-7-14-6-5-11-21-14)20-12-15-13-22-17(23-15)8-3-2-4-9-17;/h5-6,11,15H,2-4,7-10,12-13H2,1H3,(H2,18,19,20);1H. The average Bonchev–Trinajstić information content (AvgIpc) is 3.22. The van der Waals surface area contributed by atoms with Gasteiger partial charge in [-0.1, -0.05) is 6.42 Å². The van der Waals surface area contributed by atoms with E-state index >= 15 is 0 Å². The lowest BCUT2D eigenvalue weighted by molar-refractivity contribution is -0.186. The molecule has 1 aromatic rings. The summed E-state index contributed by atoms with van der Waals surface area (Å²) in [6, 6.07) is 3.88. The fourth-order valence-corrected chi connectivity index (χ4v) is 3.26. The molecule has 2 N–H and O–H groups in total. The Hall–Kier alpha value is -0.800. The molecular formula is C17H28IN3O3. The van der Waals surface area contributed by atoms with Gasteiger partial charge in [0.05, 0.1) is 12.9 Å². The Morgan fingerprint density at radius 1 is 1.29 bits per heavy atom. The second-order valence-electron chi connectivity index (χ2n) is 6.23. The Morgan fingerprint density at radius 2 is 2.12 bits per heavy atom. The molecule has 0 amide bonds. The van der Waals surface area contributed by atoms with Crippen LogP contribution in [0.1, 0.15) is 37.9 Å². The van der Waals surface area contributed by atoms with Gasteiger partial charge in [0.1, 0.15) is 11.9 Å². The van der Waals surface area contributed by atoms with Gasteiger partial charge in [0.15, 0.2) is 11.7 Å². The molecule has 0 bridgehead atoms. The maximum atomic E-state index is 6.17. The number of aliphatic imine (C=N–C) groups is 1. The van der Waals surface area contributed by atoms with Gasteiger partial charge in [0, 0.05) is 39.4 Å². The summed E-state index contributed by atoms with van der Waals surface area (Å²) in [5, 5.41) is 6.60. The molecule has 2 fully saturated rings. The van der Waals surface area contributed by atoms with Crippen molar-refractivity contribution >= 4 is 29.9 Å². The molecule has 7 heteroatoms.